The van der Waals surface area contributed by atoms with Crippen molar-refractivity contribution < 1.29 is 4.74 Å². The minimum atomic E-state index is 0.0992. The predicted octanol–water partition coefficient (Wildman–Crippen LogP) is 5.11. The number of hydrogen-bond donors (Lipinski definition) is 0. The monoisotopic (exact) mass is 330 g/mol. The van der Waals surface area contributed by atoms with Crippen molar-refractivity contribution in [3.8, 4) is 17.0 Å². The van der Waals surface area contributed by atoms with Gasteiger partial charge in [-0.05, 0) is 31.9 Å². The molecule has 1 saturated heterocycles. The van der Waals surface area contributed by atoms with E-state index in [1.807, 2.05) is 6.92 Å². The number of benzene rings is 1. The summed E-state index contributed by atoms with van der Waals surface area (Å²) in [5.41, 5.74) is 3.67. The Balaban J connectivity index is 2.01. The van der Waals surface area contributed by atoms with Crippen molar-refractivity contribution >= 4 is 17.0 Å². The molecule has 3 rings (SSSR count). The zero-order valence-corrected chi connectivity index (χ0v) is 15.4. The van der Waals surface area contributed by atoms with E-state index in [9.17, 15) is 0 Å². The maximum Gasteiger partial charge on any atom is 0.121 e. The summed E-state index contributed by atoms with van der Waals surface area (Å²) in [6, 6.07) is 6.41. The van der Waals surface area contributed by atoms with Crippen LogP contribution in [0.25, 0.3) is 11.3 Å². The van der Waals surface area contributed by atoms with Crippen LogP contribution in [-0.2, 0) is 5.41 Å². The normalized spacial score (nSPS) is 15.2. The Morgan fingerprint density at radius 1 is 1.22 bits per heavy atom. The van der Waals surface area contributed by atoms with E-state index in [0.717, 1.165) is 24.5 Å². The number of ether oxygens (including phenoxy) is 1. The van der Waals surface area contributed by atoms with E-state index < -0.39 is 0 Å². The highest BCUT2D eigenvalue weighted by atomic mass is 32.1. The number of rotatable bonds is 4. The Morgan fingerprint density at radius 2 is 1.96 bits per heavy atom. The minimum absolute atomic E-state index is 0.0992. The van der Waals surface area contributed by atoms with E-state index in [1.165, 1.54) is 29.1 Å². The topological polar surface area (TPSA) is 25.4 Å². The Hall–Kier alpha value is -1.55. The Bertz CT molecular complexity index is 666. The Kier molecular flexibility index (Phi) is 4.62. The van der Waals surface area contributed by atoms with Crippen molar-refractivity contribution in [2.24, 2.45) is 0 Å². The lowest BCUT2D eigenvalue weighted by atomic mass is 9.98. The van der Waals surface area contributed by atoms with Crippen molar-refractivity contribution in [2.75, 3.05) is 24.6 Å². The summed E-state index contributed by atoms with van der Waals surface area (Å²) >= 11 is 1.76. The van der Waals surface area contributed by atoms with E-state index in [1.54, 1.807) is 11.3 Å². The molecule has 1 aromatic carbocycles. The molecular weight excluding hydrogens is 304 g/mol. The molecule has 124 valence electrons. The summed E-state index contributed by atoms with van der Waals surface area (Å²) in [7, 11) is 0. The average molecular weight is 330 g/mol. The standard InChI is InChI=1S/C19H26N2OS/c1-5-22-14-8-9-15(17(12-14)21-10-6-7-11-21)16-13-23-18(20-16)19(2,3)4/h8-9,12-13H,5-7,10-11H2,1-4H3. The molecule has 1 aliphatic rings. The molecule has 0 atom stereocenters. The number of thiazole rings is 1. The molecule has 1 aromatic heterocycles. The van der Waals surface area contributed by atoms with Crippen LogP contribution in [0, 0.1) is 0 Å². The molecule has 4 heteroatoms. The van der Waals surface area contributed by atoms with Gasteiger partial charge in [-0.15, -0.1) is 11.3 Å². The van der Waals surface area contributed by atoms with E-state index in [4.69, 9.17) is 9.72 Å². The largest absolute Gasteiger partial charge is 0.494 e. The third-order valence-electron chi connectivity index (χ3n) is 4.15. The quantitative estimate of drug-likeness (QED) is 0.779. The fourth-order valence-electron chi connectivity index (χ4n) is 2.95. The van der Waals surface area contributed by atoms with Gasteiger partial charge in [-0.3, -0.25) is 0 Å². The molecule has 0 amide bonds. The number of hydrogen-bond acceptors (Lipinski definition) is 4. The lowest BCUT2D eigenvalue weighted by Gasteiger charge is -2.22. The van der Waals surface area contributed by atoms with Crippen LogP contribution in [0.2, 0.25) is 0 Å². The lowest BCUT2D eigenvalue weighted by molar-refractivity contribution is 0.340. The fourth-order valence-corrected chi connectivity index (χ4v) is 3.85. The third kappa shape index (κ3) is 3.52. The van der Waals surface area contributed by atoms with Gasteiger partial charge in [-0.1, -0.05) is 20.8 Å². The number of aromatic nitrogens is 1. The first-order valence-corrected chi connectivity index (χ1v) is 9.35. The predicted molar refractivity (Wildman–Crippen MR) is 98.9 cm³/mol. The van der Waals surface area contributed by atoms with Crippen LogP contribution < -0.4 is 9.64 Å². The smallest absolute Gasteiger partial charge is 0.121 e. The highest BCUT2D eigenvalue weighted by Crippen LogP contribution is 2.38. The molecule has 0 bridgehead atoms. The number of anilines is 1. The maximum absolute atomic E-state index is 5.71. The molecule has 2 heterocycles. The van der Waals surface area contributed by atoms with Gasteiger partial charge in [0.05, 0.1) is 17.3 Å². The Labute approximate surface area is 143 Å². The third-order valence-corrected chi connectivity index (χ3v) is 5.42. The van der Waals surface area contributed by atoms with Gasteiger partial charge in [-0.25, -0.2) is 4.98 Å². The SMILES string of the molecule is CCOc1ccc(-c2csc(C(C)(C)C)n2)c(N2CCCC2)c1. The molecule has 2 aromatic rings. The first-order valence-electron chi connectivity index (χ1n) is 8.47. The first-order chi connectivity index (χ1) is 11.0. The van der Waals surface area contributed by atoms with E-state index in [0.29, 0.717) is 6.61 Å². The van der Waals surface area contributed by atoms with Crippen LogP contribution >= 0.6 is 11.3 Å². The first kappa shape index (κ1) is 16.3. The maximum atomic E-state index is 5.71. The summed E-state index contributed by atoms with van der Waals surface area (Å²) in [5, 5.41) is 3.38. The molecule has 1 aliphatic heterocycles. The lowest BCUT2D eigenvalue weighted by Crippen LogP contribution is -2.18. The van der Waals surface area contributed by atoms with Gasteiger partial charge in [0.25, 0.3) is 0 Å². The van der Waals surface area contributed by atoms with Crippen LogP contribution in [0.3, 0.4) is 0 Å². The van der Waals surface area contributed by atoms with Crippen molar-refractivity contribution in [3.05, 3.63) is 28.6 Å². The molecular formula is C19H26N2OS. The van der Waals surface area contributed by atoms with E-state index in [2.05, 4.69) is 49.3 Å². The zero-order valence-electron chi connectivity index (χ0n) is 14.6. The summed E-state index contributed by atoms with van der Waals surface area (Å²) in [4.78, 5) is 7.38. The van der Waals surface area contributed by atoms with Gasteiger partial charge in [0, 0.05) is 41.2 Å². The molecule has 3 nitrogen and oxygen atoms in total. The van der Waals surface area contributed by atoms with Gasteiger partial charge >= 0.3 is 0 Å². The van der Waals surface area contributed by atoms with Crippen molar-refractivity contribution in [3.63, 3.8) is 0 Å². The van der Waals surface area contributed by atoms with Gasteiger partial charge < -0.3 is 9.64 Å². The second-order valence-electron chi connectivity index (χ2n) is 7.09. The van der Waals surface area contributed by atoms with Crippen LogP contribution in [0.5, 0.6) is 5.75 Å². The fraction of sp³-hybridized carbons (Fsp3) is 0.526. The molecule has 0 aliphatic carbocycles. The van der Waals surface area contributed by atoms with Crippen molar-refractivity contribution in [1.29, 1.82) is 0 Å². The summed E-state index contributed by atoms with van der Waals surface area (Å²) in [6.45, 7) is 11.6. The minimum Gasteiger partial charge on any atom is -0.494 e. The highest BCUT2D eigenvalue weighted by molar-refractivity contribution is 7.10. The van der Waals surface area contributed by atoms with Crippen LogP contribution in [0.4, 0.5) is 5.69 Å². The van der Waals surface area contributed by atoms with Gasteiger partial charge in [0.1, 0.15) is 5.75 Å². The molecule has 0 unspecified atom stereocenters. The van der Waals surface area contributed by atoms with E-state index in [-0.39, 0.29) is 5.41 Å². The van der Waals surface area contributed by atoms with Gasteiger partial charge in [0.15, 0.2) is 0 Å². The number of nitrogens with zero attached hydrogens (tertiary/aromatic N) is 2. The summed E-state index contributed by atoms with van der Waals surface area (Å²) in [6.07, 6.45) is 2.53. The average Bonchev–Trinajstić information content (AvgIpc) is 3.19. The molecule has 0 saturated carbocycles. The van der Waals surface area contributed by atoms with Crippen LogP contribution in [0.1, 0.15) is 45.5 Å². The second kappa shape index (κ2) is 6.52. The summed E-state index contributed by atoms with van der Waals surface area (Å²) < 4.78 is 5.71. The molecule has 1 fully saturated rings. The second-order valence-corrected chi connectivity index (χ2v) is 7.95. The van der Waals surface area contributed by atoms with Gasteiger partial charge in [0.2, 0.25) is 0 Å². The van der Waals surface area contributed by atoms with Crippen molar-refractivity contribution in [2.45, 2.75) is 46.0 Å². The zero-order chi connectivity index (χ0) is 16.4. The Morgan fingerprint density at radius 3 is 2.57 bits per heavy atom. The van der Waals surface area contributed by atoms with Crippen molar-refractivity contribution in [1.82, 2.24) is 4.98 Å². The summed E-state index contributed by atoms with van der Waals surface area (Å²) in [5.74, 6) is 0.949. The molecule has 0 radical (unpaired) electrons. The van der Waals surface area contributed by atoms with Gasteiger partial charge in [-0.2, -0.15) is 0 Å². The molecule has 23 heavy (non-hydrogen) atoms. The van der Waals surface area contributed by atoms with Crippen LogP contribution in [-0.4, -0.2) is 24.7 Å². The molecule has 0 spiro atoms. The van der Waals surface area contributed by atoms with E-state index >= 15 is 0 Å². The molecule has 0 N–H and O–H groups in total. The van der Waals surface area contributed by atoms with Crippen LogP contribution in [0.15, 0.2) is 23.6 Å². The highest BCUT2D eigenvalue weighted by Gasteiger charge is 2.22.